The number of aromatic amines is 1. The third-order valence-corrected chi connectivity index (χ3v) is 2.65. The Morgan fingerprint density at radius 1 is 1.72 bits per heavy atom. The molecule has 1 saturated heterocycles. The van der Waals surface area contributed by atoms with Gasteiger partial charge in [-0.2, -0.15) is 0 Å². The summed E-state index contributed by atoms with van der Waals surface area (Å²) in [4.78, 5) is 17.0. The summed E-state index contributed by atoms with van der Waals surface area (Å²) in [6, 6.07) is 0. The molecular weight excluding hydrogens is 238 g/mol. The SMILES string of the molecule is C#Cc1cnc(=O)[nH]c1N[C@@H]1O[C@H](CO)C[C@H]1O. The highest BCUT2D eigenvalue weighted by Crippen LogP contribution is 2.22. The van der Waals surface area contributed by atoms with Gasteiger partial charge in [0.15, 0.2) is 6.23 Å². The Morgan fingerprint density at radius 3 is 3.11 bits per heavy atom. The van der Waals surface area contributed by atoms with Crippen molar-refractivity contribution in [3.05, 3.63) is 22.2 Å². The van der Waals surface area contributed by atoms with Gasteiger partial charge in [-0.1, -0.05) is 5.92 Å². The van der Waals surface area contributed by atoms with E-state index in [0.29, 0.717) is 12.0 Å². The molecule has 0 amide bonds. The Labute approximate surface area is 103 Å². The number of hydrogen-bond donors (Lipinski definition) is 4. The lowest BCUT2D eigenvalue weighted by atomic mass is 10.2. The predicted octanol–water partition coefficient (Wildman–Crippen LogP) is -1.37. The first kappa shape index (κ1) is 12.6. The molecule has 0 bridgehead atoms. The highest BCUT2D eigenvalue weighted by atomic mass is 16.5. The Kier molecular flexibility index (Phi) is 3.62. The Bertz CT molecular complexity index is 522. The summed E-state index contributed by atoms with van der Waals surface area (Å²) in [5, 5.41) is 21.5. The van der Waals surface area contributed by atoms with E-state index in [2.05, 4.69) is 21.2 Å². The molecule has 18 heavy (non-hydrogen) atoms. The van der Waals surface area contributed by atoms with Crippen LogP contribution in [0.25, 0.3) is 0 Å². The van der Waals surface area contributed by atoms with Gasteiger partial charge in [0.2, 0.25) is 0 Å². The van der Waals surface area contributed by atoms with Gasteiger partial charge in [-0.05, 0) is 0 Å². The number of H-pyrrole nitrogens is 1. The van der Waals surface area contributed by atoms with Crippen LogP contribution in [0, 0.1) is 12.3 Å². The molecule has 7 heteroatoms. The molecule has 0 spiro atoms. The van der Waals surface area contributed by atoms with Crippen LogP contribution >= 0.6 is 0 Å². The molecule has 1 aromatic heterocycles. The van der Waals surface area contributed by atoms with Crippen LogP contribution in [0.2, 0.25) is 0 Å². The van der Waals surface area contributed by atoms with E-state index in [1.807, 2.05) is 0 Å². The van der Waals surface area contributed by atoms with Gasteiger partial charge in [-0.15, -0.1) is 6.42 Å². The molecule has 3 atom stereocenters. The number of nitrogens with one attached hydrogen (secondary N) is 2. The van der Waals surface area contributed by atoms with E-state index in [9.17, 15) is 9.90 Å². The van der Waals surface area contributed by atoms with E-state index in [-0.39, 0.29) is 12.4 Å². The summed E-state index contributed by atoms with van der Waals surface area (Å²) in [5.41, 5.74) is -0.194. The average Bonchev–Trinajstić information content (AvgIpc) is 2.71. The minimum atomic E-state index is -0.788. The van der Waals surface area contributed by atoms with E-state index >= 15 is 0 Å². The molecular formula is C11H13N3O4. The maximum atomic E-state index is 11.1. The summed E-state index contributed by atoms with van der Waals surface area (Å²) in [6.45, 7) is -0.176. The number of rotatable bonds is 3. The maximum Gasteiger partial charge on any atom is 0.346 e. The number of aliphatic hydroxyl groups is 2. The van der Waals surface area contributed by atoms with Gasteiger partial charge in [0, 0.05) is 6.42 Å². The summed E-state index contributed by atoms with van der Waals surface area (Å²) in [6.07, 6.45) is 4.89. The standard InChI is InChI=1S/C11H13N3O4/c1-2-6-4-12-11(17)14-9(6)13-10-8(16)3-7(5-15)18-10/h1,4,7-8,10,15-16H,3,5H2,(H2,12,13,14,17)/t7-,8+,10+/m0/s1. The third-order valence-electron chi connectivity index (χ3n) is 2.65. The lowest BCUT2D eigenvalue weighted by Gasteiger charge is -2.17. The highest BCUT2D eigenvalue weighted by Gasteiger charge is 2.33. The zero-order valence-electron chi connectivity index (χ0n) is 9.46. The van der Waals surface area contributed by atoms with Crippen molar-refractivity contribution in [3.8, 4) is 12.3 Å². The smallest absolute Gasteiger partial charge is 0.346 e. The van der Waals surface area contributed by atoms with Crippen molar-refractivity contribution in [1.82, 2.24) is 9.97 Å². The second kappa shape index (κ2) is 5.18. The normalized spacial score (nSPS) is 26.8. The summed E-state index contributed by atoms with van der Waals surface area (Å²) < 4.78 is 5.34. The molecule has 4 N–H and O–H groups in total. The van der Waals surface area contributed by atoms with Crippen LogP contribution in [0.4, 0.5) is 5.82 Å². The predicted molar refractivity (Wildman–Crippen MR) is 62.8 cm³/mol. The zero-order chi connectivity index (χ0) is 13.1. The average molecular weight is 251 g/mol. The summed E-state index contributed by atoms with van der Waals surface area (Å²) >= 11 is 0. The number of terminal acetylenes is 1. The first-order chi connectivity index (χ1) is 8.63. The number of anilines is 1. The molecule has 1 aromatic rings. The van der Waals surface area contributed by atoms with Crippen LogP contribution in [0.15, 0.2) is 11.0 Å². The van der Waals surface area contributed by atoms with Crippen molar-refractivity contribution in [2.45, 2.75) is 24.9 Å². The maximum absolute atomic E-state index is 11.1. The van der Waals surface area contributed by atoms with Crippen LogP contribution in [-0.2, 0) is 4.74 Å². The van der Waals surface area contributed by atoms with E-state index < -0.39 is 24.1 Å². The lowest BCUT2D eigenvalue weighted by molar-refractivity contribution is 0.00512. The van der Waals surface area contributed by atoms with Gasteiger partial charge in [-0.3, -0.25) is 4.98 Å². The highest BCUT2D eigenvalue weighted by molar-refractivity contribution is 5.51. The monoisotopic (exact) mass is 251 g/mol. The van der Waals surface area contributed by atoms with Crippen molar-refractivity contribution in [2.75, 3.05) is 11.9 Å². The first-order valence-corrected chi connectivity index (χ1v) is 5.41. The van der Waals surface area contributed by atoms with Crippen LogP contribution in [0.5, 0.6) is 0 Å². The summed E-state index contributed by atoms with van der Waals surface area (Å²) in [5.74, 6) is 2.62. The molecule has 7 nitrogen and oxygen atoms in total. The van der Waals surface area contributed by atoms with Crippen LogP contribution in [0.1, 0.15) is 12.0 Å². The van der Waals surface area contributed by atoms with Crippen molar-refractivity contribution in [3.63, 3.8) is 0 Å². The van der Waals surface area contributed by atoms with Crippen molar-refractivity contribution < 1.29 is 14.9 Å². The van der Waals surface area contributed by atoms with E-state index in [4.69, 9.17) is 16.3 Å². The van der Waals surface area contributed by atoms with Gasteiger partial charge < -0.3 is 20.3 Å². The Hall–Kier alpha value is -1.88. The van der Waals surface area contributed by atoms with Crippen molar-refractivity contribution >= 4 is 5.82 Å². The molecule has 0 aliphatic carbocycles. The number of nitrogens with zero attached hydrogens (tertiary/aromatic N) is 1. The Balaban J connectivity index is 2.17. The molecule has 0 saturated carbocycles. The largest absolute Gasteiger partial charge is 0.394 e. The zero-order valence-corrected chi connectivity index (χ0v) is 9.46. The molecule has 1 aliphatic heterocycles. The molecule has 96 valence electrons. The van der Waals surface area contributed by atoms with Crippen LogP contribution < -0.4 is 11.0 Å². The van der Waals surface area contributed by atoms with Gasteiger partial charge in [0.1, 0.15) is 11.9 Å². The molecule has 0 aromatic carbocycles. The fourth-order valence-electron chi connectivity index (χ4n) is 1.75. The van der Waals surface area contributed by atoms with Gasteiger partial charge >= 0.3 is 5.69 Å². The molecule has 0 radical (unpaired) electrons. The molecule has 0 unspecified atom stereocenters. The molecule has 1 fully saturated rings. The second-order valence-corrected chi connectivity index (χ2v) is 3.93. The fraction of sp³-hybridized carbons (Fsp3) is 0.455. The number of aliphatic hydroxyl groups excluding tert-OH is 2. The number of ether oxygens (including phenoxy) is 1. The third kappa shape index (κ3) is 2.51. The minimum absolute atomic E-state index is 0.176. The number of hydrogen-bond acceptors (Lipinski definition) is 6. The quantitative estimate of drug-likeness (QED) is 0.494. The molecule has 2 rings (SSSR count). The lowest BCUT2D eigenvalue weighted by Crippen LogP contribution is -2.31. The molecule has 2 heterocycles. The second-order valence-electron chi connectivity index (χ2n) is 3.93. The number of aromatic nitrogens is 2. The minimum Gasteiger partial charge on any atom is -0.394 e. The van der Waals surface area contributed by atoms with E-state index in [1.54, 1.807) is 0 Å². The first-order valence-electron chi connectivity index (χ1n) is 5.41. The summed E-state index contributed by atoms with van der Waals surface area (Å²) in [7, 11) is 0. The van der Waals surface area contributed by atoms with Gasteiger partial charge in [-0.25, -0.2) is 9.78 Å². The fourth-order valence-corrected chi connectivity index (χ4v) is 1.75. The van der Waals surface area contributed by atoms with Gasteiger partial charge in [0.05, 0.1) is 24.5 Å². The van der Waals surface area contributed by atoms with Crippen molar-refractivity contribution in [2.24, 2.45) is 0 Å². The van der Waals surface area contributed by atoms with E-state index in [1.165, 1.54) is 6.20 Å². The van der Waals surface area contributed by atoms with E-state index in [0.717, 1.165) is 0 Å². The van der Waals surface area contributed by atoms with Crippen LogP contribution in [0.3, 0.4) is 0 Å². The van der Waals surface area contributed by atoms with Crippen molar-refractivity contribution in [1.29, 1.82) is 0 Å². The topological polar surface area (TPSA) is 107 Å². The molecule has 1 aliphatic rings. The van der Waals surface area contributed by atoms with Crippen LogP contribution in [-0.4, -0.2) is 45.2 Å². The van der Waals surface area contributed by atoms with Gasteiger partial charge in [0.25, 0.3) is 0 Å². The Morgan fingerprint density at radius 2 is 2.50 bits per heavy atom.